The average Bonchev–Trinajstić information content (AvgIpc) is 2.70. The first-order chi connectivity index (χ1) is 7.12. The third kappa shape index (κ3) is 3.58. The monoisotopic (exact) mass is 274 g/mol. The van der Waals surface area contributed by atoms with Crippen LogP contribution in [-0.2, 0) is 4.57 Å². The van der Waals surface area contributed by atoms with Gasteiger partial charge in [0.2, 0.25) is 0 Å². The van der Waals surface area contributed by atoms with Crippen LogP contribution in [0.1, 0.15) is 12.8 Å². The van der Waals surface area contributed by atoms with Gasteiger partial charge >= 0.3 is 7.67 Å². The van der Waals surface area contributed by atoms with E-state index < -0.39 is 7.67 Å². The number of hydrogen-bond acceptors (Lipinski definition) is 1. The Bertz CT molecular complexity index is 231. The van der Waals surface area contributed by atoms with Gasteiger partial charge in [-0.2, -0.15) is 0 Å². The lowest BCUT2D eigenvalue weighted by atomic mass is 10.4. The van der Waals surface area contributed by atoms with Gasteiger partial charge in [-0.25, -0.2) is 9.34 Å². The van der Waals surface area contributed by atoms with Crippen LogP contribution >= 0.6 is 30.9 Å². The predicted octanol–water partition coefficient (Wildman–Crippen LogP) is 1.96. The van der Waals surface area contributed by atoms with Gasteiger partial charge in [0.1, 0.15) is 0 Å². The lowest BCUT2D eigenvalue weighted by Crippen LogP contribution is -2.32. The molecule has 15 heavy (non-hydrogen) atoms. The number of nitrogens with zero attached hydrogens (tertiary/aromatic N) is 2. The number of alkyl halides is 2. The molecule has 0 aromatic carbocycles. The van der Waals surface area contributed by atoms with Crippen molar-refractivity contribution in [1.29, 1.82) is 0 Å². The first-order valence-electron chi connectivity index (χ1n) is 5.08. The molecule has 1 unspecified atom stereocenters. The second-order valence-electron chi connectivity index (χ2n) is 3.51. The molecule has 0 bridgehead atoms. The van der Waals surface area contributed by atoms with Crippen LogP contribution in [0.2, 0.25) is 0 Å². The Hall–Kier alpha value is 0.690. The van der Waals surface area contributed by atoms with Crippen LogP contribution in [0.25, 0.3) is 0 Å². The van der Waals surface area contributed by atoms with E-state index in [4.69, 9.17) is 23.2 Å². The van der Waals surface area contributed by atoms with Crippen LogP contribution < -0.4 is 0 Å². The van der Waals surface area contributed by atoms with Crippen molar-refractivity contribution in [3.63, 3.8) is 0 Å². The molecule has 0 saturated carbocycles. The molecule has 4 nitrogen and oxygen atoms in total. The summed E-state index contributed by atoms with van der Waals surface area (Å²) < 4.78 is 15.3. The standard InChI is InChI=1S/C8H17Cl2N2O2P/c9-3-7-12(8-4-10)15(13,14)11-5-1-2-6-11/h1-8H2,(H,13,14). The number of halogens is 2. The van der Waals surface area contributed by atoms with Gasteiger partial charge in [-0.15, -0.1) is 23.2 Å². The molecule has 0 aromatic rings. The normalized spacial score (nSPS) is 22.1. The topological polar surface area (TPSA) is 43.8 Å². The maximum atomic E-state index is 12.2. The van der Waals surface area contributed by atoms with Crippen LogP contribution in [-0.4, -0.2) is 52.2 Å². The Morgan fingerprint density at radius 1 is 1.20 bits per heavy atom. The zero-order chi connectivity index (χ0) is 11.3. The van der Waals surface area contributed by atoms with Crippen molar-refractivity contribution in [3.8, 4) is 0 Å². The smallest absolute Gasteiger partial charge is 0.322 e. The Kier molecular flexibility index (Phi) is 5.90. The van der Waals surface area contributed by atoms with Crippen LogP contribution in [0.5, 0.6) is 0 Å². The summed E-state index contributed by atoms with van der Waals surface area (Å²) in [5.41, 5.74) is 0. The van der Waals surface area contributed by atoms with E-state index in [0.717, 1.165) is 12.8 Å². The molecule has 0 aromatic heterocycles. The molecule has 0 amide bonds. The first-order valence-corrected chi connectivity index (χ1v) is 7.72. The maximum Gasteiger partial charge on any atom is 0.343 e. The lowest BCUT2D eigenvalue weighted by Gasteiger charge is -2.31. The highest BCUT2D eigenvalue weighted by atomic mass is 35.5. The molecule has 0 radical (unpaired) electrons. The second-order valence-corrected chi connectivity index (χ2v) is 6.42. The SMILES string of the molecule is O=P(O)(N(CCCl)CCCl)N1CCCC1. The summed E-state index contributed by atoms with van der Waals surface area (Å²) in [5.74, 6) is 0.685. The van der Waals surface area contributed by atoms with E-state index in [0.29, 0.717) is 37.9 Å². The van der Waals surface area contributed by atoms with Gasteiger partial charge in [-0.1, -0.05) is 0 Å². The minimum atomic E-state index is -3.39. The lowest BCUT2D eigenvalue weighted by molar-refractivity contribution is 0.298. The molecule has 1 heterocycles. The Balaban J connectivity index is 2.65. The maximum absolute atomic E-state index is 12.2. The fourth-order valence-corrected chi connectivity index (χ4v) is 4.23. The van der Waals surface area contributed by atoms with Crippen molar-refractivity contribution in [2.75, 3.05) is 37.9 Å². The Labute approximate surface area is 101 Å². The fraction of sp³-hybridized carbons (Fsp3) is 1.00. The number of hydrogen-bond donors (Lipinski definition) is 1. The highest BCUT2D eigenvalue weighted by molar-refractivity contribution is 7.52. The molecule has 0 spiro atoms. The van der Waals surface area contributed by atoms with Crippen LogP contribution in [0.3, 0.4) is 0 Å². The van der Waals surface area contributed by atoms with Crippen LogP contribution in [0.4, 0.5) is 0 Å². The van der Waals surface area contributed by atoms with E-state index in [1.807, 2.05) is 0 Å². The van der Waals surface area contributed by atoms with Crippen molar-refractivity contribution in [1.82, 2.24) is 9.34 Å². The Morgan fingerprint density at radius 3 is 2.07 bits per heavy atom. The summed E-state index contributed by atoms with van der Waals surface area (Å²) in [6, 6.07) is 0. The second kappa shape index (κ2) is 6.43. The molecule has 1 aliphatic rings. The summed E-state index contributed by atoms with van der Waals surface area (Å²) in [4.78, 5) is 10.0. The van der Waals surface area contributed by atoms with Crippen molar-refractivity contribution in [3.05, 3.63) is 0 Å². The van der Waals surface area contributed by atoms with Gasteiger partial charge in [0.05, 0.1) is 0 Å². The predicted molar refractivity (Wildman–Crippen MR) is 63.6 cm³/mol. The number of rotatable bonds is 6. The minimum absolute atomic E-state index is 0.343. The van der Waals surface area contributed by atoms with Gasteiger partial charge in [0, 0.05) is 37.9 Å². The van der Waals surface area contributed by atoms with Gasteiger partial charge in [0.15, 0.2) is 0 Å². The summed E-state index contributed by atoms with van der Waals surface area (Å²) in [5, 5.41) is 0. The van der Waals surface area contributed by atoms with E-state index in [-0.39, 0.29) is 0 Å². The van der Waals surface area contributed by atoms with Crippen molar-refractivity contribution in [2.45, 2.75) is 12.8 Å². The van der Waals surface area contributed by atoms with Gasteiger partial charge < -0.3 is 4.89 Å². The molecule has 1 N–H and O–H groups in total. The van der Waals surface area contributed by atoms with Gasteiger partial charge in [-0.3, -0.25) is 4.57 Å². The molecule has 1 atom stereocenters. The zero-order valence-electron chi connectivity index (χ0n) is 8.61. The average molecular weight is 275 g/mol. The van der Waals surface area contributed by atoms with E-state index in [9.17, 15) is 9.46 Å². The highest BCUT2D eigenvalue weighted by Gasteiger charge is 2.36. The fourth-order valence-electron chi connectivity index (χ4n) is 1.71. The van der Waals surface area contributed by atoms with Crippen molar-refractivity contribution < 1.29 is 9.46 Å². The molecule has 1 aliphatic heterocycles. The molecule has 90 valence electrons. The third-order valence-electron chi connectivity index (χ3n) is 2.50. The van der Waals surface area contributed by atoms with E-state index >= 15 is 0 Å². The van der Waals surface area contributed by atoms with E-state index in [1.54, 1.807) is 4.67 Å². The summed E-state index contributed by atoms with van der Waals surface area (Å²) in [6.07, 6.45) is 1.97. The summed E-state index contributed by atoms with van der Waals surface area (Å²) >= 11 is 11.2. The summed E-state index contributed by atoms with van der Waals surface area (Å²) in [6.45, 7) is 2.18. The molecular formula is C8H17Cl2N2O2P. The minimum Gasteiger partial charge on any atom is -0.322 e. The highest BCUT2D eigenvalue weighted by Crippen LogP contribution is 2.50. The zero-order valence-corrected chi connectivity index (χ0v) is 11.0. The quantitative estimate of drug-likeness (QED) is 0.594. The Morgan fingerprint density at radius 2 is 1.67 bits per heavy atom. The largest absolute Gasteiger partial charge is 0.343 e. The van der Waals surface area contributed by atoms with Crippen molar-refractivity contribution >= 4 is 30.9 Å². The molecule has 1 rings (SSSR count). The molecule has 1 saturated heterocycles. The van der Waals surface area contributed by atoms with E-state index in [2.05, 4.69) is 0 Å². The van der Waals surface area contributed by atoms with Crippen LogP contribution in [0, 0.1) is 0 Å². The molecular weight excluding hydrogens is 258 g/mol. The molecule has 0 aliphatic carbocycles. The molecule has 7 heteroatoms. The molecule has 1 fully saturated rings. The van der Waals surface area contributed by atoms with Crippen LogP contribution in [0.15, 0.2) is 0 Å². The third-order valence-corrected chi connectivity index (χ3v) is 5.12. The van der Waals surface area contributed by atoms with Crippen molar-refractivity contribution in [2.24, 2.45) is 0 Å². The van der Waals surface area contributed by atoms with E-state index in [1.165, 1.54) is 4.67 Å². The summed E-state index contributed by atoms with van der Waals surface area (Å²) in [7, 11) is -3.39. The first kappa shape index (κ1) is 13.8. The van der Waals surface area contributed by atoms with Gasteiger partial charge in [-0.05, 0) is 12.8 Å². The van der Waals surface area contributed by atoms with Gasteiger partial charge in [0.25, 0.3) is 0 Å².